The molecule has 1 aromatic carbocycles. The molecule has 4 amide bonds. The SMILES string of the molecule is O=C(Nc1ccc2c(c1)C(=O)NC2=O)NC1CCCNC12CCC2. The molecule has 4 N–H and O–H groups in total. The number of hydrogen-bond donors (Lipinski definition) is 4. The van der Waals surface area contributed by atoms with Crippen molar-refractivity contribution in [3.63, 3.8) is 0 Å². The number of nitrogens with one attached hydrogen (secondary N) is 4. The molecule has 0 aromatic heterocycles. The molecule has 1 saturated heterocycles. The summed E-state index contributed by atoms with van der Waals surface area (Å²) in [6.45, 7) is 1.01. The monoisotopic (exact) mass is 328 g/mol. The van der Waals surface area contributed by atoms with Gasteiger partial charge in [-0.3, -0.25) is 14.9 Å². The molecular formula is C17H20N4O3. The van der Waals surface area contributed by atoms with Gasteiger partial charge in [0.1, 0.15) is 0 Å². The van der Waals surface area contributed by atoms with Gasteiger partial charge >= 0.3 is 6.03 Å². The zero-order valence-corrected chi connectivity index (χ0v) is 13.3. The molecule has 4 rings (SSSR count). The van der Waals surface area contributed by atoms with E-state index in [1.54, 1.807) is 12.1 Å². The van der Waals surface area contributed by atoms with Crippen LogP contribution < -0.4 is 21.3 Å². The molecule has 2 heterocycles. The Balaban J connectivity index is 1.44. The molecule has 3 aliphatic rings. The number of hydrogen-bond acceptors (Lipinski definition) is 4. The van der Waals surface area contributed by atoms with E-state index in [-0.39, 0.29) is 17.6 Å². The van der Waals surface area contributed by atoms with Gasteiger partial charge in [0.05, 0.1) is 11.1 Å². The van der Waals surface area contributed by atoms with Gasteiger partial charge in [-0.2, -0.15) is 0 Å². The molecule has 0 radical (unpaired) electrons. The van der Waals surface area contributed by atoms with Crippen LogP contribution in [-0.4, -0.2) is 36.0 Å². The van der Waals surface area contributed by atoms with Gasteiger partial charge in [0.25, 0.3) is 11.8 Å². The smallest absolute Gasteiger partial charge is 0.319 e. The number of amides is 4. The van der Waals surface area contributed by atoms with E-state index in [1.165, 1.54) is 12.5 Å². The maximum absolute atomic E-state index is 12.3. The number of imide groups is 1. The van der Waals surface area contributed by atoms with E-state index >= 15 is 0 Å². The van der Waals surface area contributed by atoms with Crippen molar-refractivity contribution in [1.82, 2.24) is 16.0 Å². The molecule has 24 heavy (non-hydrogen) atoms. The number of carbonyl (C=O) groups excluding carboxylic acids is 3. The molecule has 2 aliphatic heterocycles. The van der Waals surface area contributed by atoms with Gasteiger partial charge in [0.15, 0.2) is 0 Å². The first-order chi connectivity index (χ1) is 11.6. The van der Waals surface area contributed by atoms with Crippen molar-refractivity contribution in [3.05, 3.63) is 29.3 Å². The number of rotatable bonds is 2. The molecule has 1 aliphatic carbocycles. The number of anilines is 1. The lowest BCUT2D eigenvalue weighted by atomic mass is 9.68. The topological polar surface area (TPSA) is 99.3 Å². The van der Waals surface area contributed by atoms with E-state index in [1.807, 2.05) is 0 Å². The van der Waals surface area contributed by atoms with Crippen molar-refractivity contribution in [2.24, 2.45) is 0 Å². The molecule has 7 nitrogen and oxygen atoms in total. The summed E-state index contributed by atoms with van der Waals surface area (Å²) in [7, 11) is 0. The third-order valence-electron chi connectivity index (χ3n) is 5.36. The summed E-state index contributed by atoms with van der Waals surface area (Å²) >= 11 is 0. The highest BCUT2D eigenvalue weighted by atomic mass is 16.2. The van der Waals surface area contributed by atoms with Crippen LogP contribution >= 0.6 is 0 Å². The number of carbonyl (C=O) groups is 3. The average molecular weight is 328 g/mol. The first-order valence-electron chi connectivity index (χ1n) is 8.40. The van der Waals surface area contributed by atoms with Crippen molar-refractivity contribution in [2.45, 2.75) is 43.7 Å². The van der Waals surface area contributed by atoms with Crippen molar-refractivity contribution in [1.29, 1.82) is 0 Å². The number of benzene rings is 1. The maximum atomic E-state index is 12.3. The van der Waals surface area contributed by atoms with Gasteiger partial charge in [-0.1, -0.05) is 0 Å². The highest BCUT2D eigenvalue weighted by molar-refractivity contribution is 6.22. The summed E-state index contributed by atoms with van der Waals surface area (Å²) in [5.41, 5.74) is 1.20. The van der Waals surface area contributed by atoms with E-state index in [4.69, 9.17) is 0 Å². The van der Waals surface area contributed by atoms with E-state index in [0.717, 1.165) is 32.2 Å². The largest absolute Gasteiger partial charge is 0.333 e. The van der Waals surface area contributed by atoms with Gasteiger partial charge < -0.3 is 16.0 Å². The fourth-order valence-electron chi connectivity index (χ4n) is 3.91. The minimum Gasteiger partial charge on any atom is -0.333 e. The van der Waals surface area contributed by atoms with Gasteiger partial charge in [-0.15, -0.1) is 0 Å². The number of urea groups is 1. The van der Waals surface area contributed by atoms with E-state index < -0.39 is 11.8 Å². The Labute approximate surface area is 139 Å². The normalized spacial score (nSPS) is 24.1. The van der Waals surface area contributed by atoms with Crippen molar-refractivity contribution < 1.29 is 14.4 Å². The summed E-state index contributed by atoms with van der Waals surface area (Å²) in [6, 6.07) is 4.57. The lowest BCUT2D eigenvalue weighted by molar-refractivity contribution is 0.0879. The molecule has 7 heteroatoms. The second-order valence-electron chi connectivity index (χ2n) is 6.77. The van der Waals surface area contributed by atoms with E-state index in [9.17, 15) is 14.4 Å². The second kappa shape index (κ2) is 5.59. The minimum absolute atomic E-state index is 0.0554. The van der Waals surface area contributed by atoms with Crippen molar-refractivity contribution >= 4 is 23.5 Å². The van der Waals surface area contributed by atoms with Crippen LogP contribution in [0.25, 0.3) is 0 Å². The quantitative estimate of drug-likeness (QED) is 0.616. The van der Waals surface area contributed by atoms with Crippen LogP contribution in [0, 0.1) is 0 Å². The maximum Gasteiger partial charge on any atom is 0.319 e. The third kappa shape index (κ3) is 2.45. The first kappa shape index (κ1) is 15.1. The van der Waals surface area contributed by atoms with Gasteiger partial charge in [0, 0.05) is 17.3 Å². The van der Waals surface area contributed by atoms with Crippen LogP contribution in [0.1, 0.15) is 52.8 Å². The predicted octanol–water partition coefficient (Wildman–Crippen LogP) is 1.37. The van der Waals surface area contributed by atoms with Crippen molar-refractivity contribution in [3.8, 4) is 0 Å². The van der Waals surface area contributed by atoms with Crippen LogP contribution in [0.3, 0.4) is 0 Å². The van der Waals surface area contributed by atoms with Gasteiger partial charge in [-0.05, 0) is 56.8 Å². The van der Waals surface area contributed by atoms with E-state index in [0.29, 0.717) is 16.8 Å². The Bertz CT molecular complexity index is 727. The van der Waals surface area contributed by atoms with Gasteiger partial charge in [0.2, 0.25) is 0 Å². The fraction of sp³-hybridized carbons (Fsp3) is 0.471. The summed E-state index contributed by atoms with van der Waals surface area (Å²) in [6.07, 6.45) is 5.41. The minimum atomic E-state index is -0.427. The second-order valence-corrected chi connectivity index (χ2v) is 6.77. The Morgan fingerprint density at radius 3 is 2.67 bits per heavy atom. The summed E-state index contributed by atoms with van der Waals surface area (Å²) < 4.78 is 0. The third-order valence-corrected chi connectivity index (χ3v) is 5.36. The van der Waals surface area contributed by atoms with Crippen LogP contribution in [0.5, 0.6) is 0 Å². The van der Waals surface area contributed by atoms with E-state index in [2.05, 4.69) is 21.3 Å². The zero-order valence-electron chi connectivity index (χ0n) is 13.3. The van der Waals surface area contributed by atoms with Crippen LogP contribution in [0.2, 0.25) is 0 Å². The van der Waals surface area contributed by atoms with Crippen LogP contribution in [-0.2, 0) is 0 Å². The Morgan fingerprint density at radius 2 is 1.92 bits per heavy atom. The predicted molar refractivity (Wildman–Crippen MR) is 88.0 cm³/mol. The zero-order chi connectivity index (χ0) is 16.7. The standard InChI is InChI=1S/C17H20N4O3/c22-14-11-5-4-10(9-12(11)15(23)21-14)19-16(24)20-13-3-1-8-18-17(13)6-2-7-17/h4-5,9,13,18H,1-3,6-8H2,(H2,19,20,24)(H,21,22,23). The van der Waals surface area contributed by atoms with Crippen LogP contribution in [0.4, 0.5) is 10.5 Å². The number of fused-ring (bicyclic) bond motifs is 1. The summed E-state index contributed by atoms with van der Waals surface area (Å²) in [4.78, 5) is 35.6. The molecule has 0 bridgehead atoms. The molecule has 2 fully saturated rings. The Morgan fingerprint density at radius 1 is 1.12 bits per heavy atom. The highest BCUT2D eigenvalue weighted by Crippen LogP contribution is 2.38. The molecule has 1 spiro atoms. The highest BCUT2D eigenvalue weighted by Gasteiger charge is 2.45. The molecule has 1 unspecified atom stereocenters. The summed E-state index contributed by atoms with van der Waals surface area (Å²) in [5, 5.41) is 11.6. The van der Waals surface area contributed by atoms with Crippen LogP contribution in [0.15, 0.2) is 18.2 Å². The lowest BCUT2D eigenvalue weighted by Crippen LogP contribution is -2.67. The van der Waals surface area contributed by atoms with Crippen molar-refractivity contribution in [2.75, 3.05) is 11.9 Å². The number of piperidine rings is 1. The summed E-state index contributed by atoms with van der Waals surface area (Å²) in [5.74, 6) is -0.824. The molecule has 1 atom stereocenters. The molecule has 1 saturated carbocycles. The molecule has 1 aromatic rings. The Hall–Kier alpha value is -2.41. The Kier molecular flexibility index (Phi) is 3.53. The lowest BCUT2D eigenvalue weighted by Gasteiger charge is -2.51. The molecular weight excluding hydrogens is 308 g/mol. The first-order valence-corrected chi connectivity index (χ1v) is 8.40. The van der Waals surface area contributed by atoms with Gasteiger partial charge in [-0.25, -0.2) is 4.79 Å². The average Bonchev–Trinajstić information content (AvgIpc) is 2.80. The molecule has 126 valence electrons. The fourth-order valence-corrected chi connectivity index (χ4v) is 3.91.